The second kappa shape index (κ2) is 5.44. The molecule has 2 saturated heterocycles. The van der Waals surface area contributed by atoms with Gasteiger partial charge in [-0.3, -0.25) is 0 Å². The first-order valence-electron chi connectivity index (χ1n) is 8.15. The van der Waals surface area contributed by atoms with Crippen molar-refractivity contribution in [2.75, 3.05) is 57.9 Å². The molecule has 1 aromatic heterocycles. The summed E-state index contributed by atoms with van der Waals surface area (Å²) >= 11 is 0. The van der Waals surface area contributed by atoms with Gasteiger partial charge in [0.2, 0.25) is 5.95 Å². The second-order valence-corrected chi connectivity index (χ2v) is 6.80. The van der Waals surface area contributed by atoms with E-state index in [-0.39, 0.29) is 5.41 Å². The summed E-state index contributed by atoms with van der Waals surface area (Å²) in [5.41, 5.74) is 3.56. The monoisotopic (exact) mass is 304 g/mol. The summed E-state index contributed by atoms with van der Waals surface area (Å²) in [5, 5.41) is 0. The molecule has 0 N–H and O–H groups in total. The lowest BCUT2D eigenvalue weighted by Gasteiger charge is -2.36. The van der Waals surface area contributed by atoms with Crippen molar-refractivity contribution in [2.24, 2.45) is 0 Å². The number of fused-ring (bicyclic) bond motifs is 2. The van der Waals surface area contributed by atoms with Crippen molar-refractivity contribution in [2.45, 2.75) is 25.4 Å². The molecule has 22 heavy (non-hydrogen) atoms. The Morgan fingerprint density at radius 1 is 1.09 bits per heavy atom. The van der Waals surface area contributed by atoms with Crippen LogP contribution in [-0.4, -0.2) is 67.9 Å². The van der Waals surface area contributed by atoms with Crippen molar-refractivity contribution in [3.8, 4) is 0 Å². The van der Waals surface area contributed by atoms with Gasteiger partial charge >= 0.3 is 0 Å². The number of ether oxygens (including phenoxy) is 2. The molecule has 120 valence electrons. The zero-order valence-corrected chi connectivity index (χ0v) is 13.5. The Morgan fingerprint density at radius 2 is 1.91 bits per heavy atom. The van der Waals surface area contributed by atoms with E-state index in [1.165, 1.54) is 11.3 Å². The first-order valence-corrected chi connectivity index (χ1v) is 8.15. The highest BCUT2D eigenvalue weighted by Gasteiger charge is 2.44. The van der Waals surface area contributed by atoms with E-state index in [0.717, 1.165) is 64.1 Å². The van der Waals surface area contributed by atoms with E-state index in [4.69, 9.17) is 19.4 Å². The Kier molecular flexibility index (Phi) is 3.55. The van der Waals surface area contributed by atoms with E-state index in [1.807, 2.05) is 0 Å². The molecule has 4 rings (SSSR count). The van der Waals surface area contributed by atoms with Crippen molar-refractivity contribution >= 4 is 5.95 Å². The molecule has 0 bridgehead atoms. The fourth-order valence-corrected chi connectivity index (χ4v) is 3.91. The summed E-state index contributed by atoms with van der Waals surface area (Å²) < 4.78 is 11.4. The molecular weight excluding hydrogens is 280 g/mol. The van der Waals surface area contributed by atoms with Gasteiger partial charge in [0.15, 0.2) is 0 Å². The van der Waals surface area contributed by atoms with Gasteiger partial charge < -0.3 is 19.3 Å². The van der Waals surface area contributed by atoms with E-state index in [9.17, 15) is 0 Å². The average molecular weight is 304 g/mol. The van der Waals surface area contributed by atoms with Crippen LogP contribution >= 0.6 is 0 Å². The van der Waals surface area contributed by atoms with Crippen LogP contribution in [0.2, 0.25) is 0 Å². The minimum atomic E-state index is 0.0526. The van der Waals surface area contributed by atoms with Gasteiger partial charge in [-0.05, 0) is 26.9 Å². The molecule has 0 amide bonds. The van der Waals surface area contributed by atoms with E-state index >= 15 is 0 Å². The van der Waals surface area contributed by atoms with Gasteiger partial charge in [0.1, 0.15) is 0 Å². The van der Waals surface area contributed by atoms with Gasteiger partial charge in [0.05, 0.1) is 37.5 Å². The maximum absolute atomic E-state index is 5.91. The van der Waals surface area contributed by atoms with Crippen LogP contribution in [0.25, 0.3) is 0 Å². The van der Waals surface area contributed by atoms with Gasteiger partial charge in [0.25, 0.3) is 0 Å². The number of anilines is 1. The largest absolute Gasteiger partial charge is 0.378 e. The Bertz CT molecular complexity index is 574. The smallest absolute Gasteiger partial charge is 0.225 e. The normalized spacial score (nSPS) is 29.1. The SMILES string of the molecule is Cc1nc(N2CCOCC2)nc2c1COC[C@]21CCN(C)C1. The Labute approximate surface area is 131 Å². The van der Waals surface area contributed by atoms with Gasteiger partial charge in [-0.2, -0.15) is 0 Å². The fraction of sp³-hybridized carbons (Fsp3) is 0.750. The molecule has 6 nitrogen and oxygen atoms in total. The lowest BCUT2D eigenvalue weighted by atomic mass is 9.80. The number of nitrogens with zero attached hydrogens (tertiary/aromatic N) is 4. The number of rotatable bonds is 1. The molecule has 1 atom stereocenters. The quantitative estimate of drug-likeness (QED) is 0.762. The van der Waals surface area contributed by atoms with Crippen LogP contribution in [0, 0.1) is 6.92 Å². The van der Waals surface area contributed by atoms with Crippen LogP contribution in [0.3, 0.4) is 0 Å². The molecule has 0 unspecified atom stereocenters. The van der Waals surface area contributed by atoms with Crippen molar-refractivity contribution in [1.82, 2.24) is 14.9 Å². The predicted octanol–water partition coefficient (Wildman–Crippen LogP) is 0.725. The standard InChI is InChI=1S/C16H24N4O2/c1-12-13-9-22-11-16(3-4-19(2)10-16)14(13)18-15(17-12)20-5-7-21-8-6-20/h3-11H2,1-2H3/t16-/m1/s1. The van der Waals surface area contributed by atoms with Gasteiger partial charge in [0, 0.05) is 30.9 Å². The molecular formula is C16H24N4O2. The summed E-state index contributed by atoms with van der Waals surface area (Å²) in [7, 11) is 2.18. The molecule has 3 aliphatic rings. The van der Waals surface area contributed by atoms with Crippen LogP contribution < -0.4 is 4.90 Å². The minimum Gasteiger partial charge on any atom is -0.378 e. The number of likely N-dealkylation sites (tertiary alicyclic amines) is 1. The molecule has 6 heteroatoms. The van der Waals surface area contributed by atoms with Gasteiger partial charge in [-0.1, -0.05) is 0 Å². The molecule has 1 spiro atoms. The maximum Gasteiger partial charge on any atom is 0.225 e. The molecule has 2 fully saturated rings. The lowest BCUT2D eigenvalue weighted by molar-refractivity contribution is 0.0510. The van der Waals surface area contributed by atoms with Crippen LogP contribution in [0.5, 0.6) is 0 Å². The summed E-state index contributed by atoms with van der Waals surface area (Å²) in [6, 6.07) is 0. The van der Waals surface area contributed by atoms with Gasteiger partial charge in [-0.15, -0.1) is 0 Å². The number of hydrogen-bond acceptors (Lipinski definition) is 6. The van der Waals surface area contributed by atoms with Crippen molar-refractivity contribution < 1.29 is 9.47 Å². The highest BCUT2D eigenvalue weighted by molar-refractivity contribution is 5.42. The molecule has 0 aromatic carbocycles. The zero-order valence-electron chi connectivity index (χ0n) is 13.5. The van der Waals surface area contributed by atoms with E-state index in [2.05, 4.69) is 23.8 Å². The lowest BCUT2D eigenvalue weighted by Crippen LogP contribution is -2.42. The average Bonchev–Trinajstić information content (AvgIpc) is 2.91. The Hall–Kier alpha value is -1.24. The highest BCUT2D eigenvalue weighted by Crippen LogP contribution is 2.40. The third-order valence-corrected chi connectivity index (χ3v) is 5.17. The Morgan fingerprint density at radius 3 is 2.64 bits per heavy atom. The third kappa shape index (κ3) is 2.30. The maximum atomic E-state index is 5.91. The van der Waals surface area contributed by atoms with Gasteiger partial charge in [-0.25, -0.2) is 9.97 Å². The summed E-state index contributed by atoms with van der Waals surface area (Å²) in [6.07, 6.45) is 1.12. The number of aryl methyl sites for hydroxylation is 1. The van der Waals surface area contributed by atoms with Crippen molar-refractivity contribution in [3.63, 3.8) is 0 Å². The number of hydrogen-bond donors (Lipinski definition) is 0. The van der Waals surface area contributed by atoms with Crippen LogP contribution in [0.4, 0.5) is 5.95 Å². The number of morpholine rings is 1. The zero-order chi connectivity index (χ0) is 15.2. The van der Waals surface area contributed by atoms with Crippen LogP contribution in [0.15, 0.2) is 0 Å². The first-order chi connectivity index (χ1) is 10.7. The Balaban J connectivity index is 1.76. The van der Waals surface area contributed by atoms with Crippen molar-refractivity contribution in [1.29, 1.82) is 0 Å². The number of likely N-dealkylation sites (N-methyl/N-ethyl adjacent to an activating group) is 1. The molecule has 3 aliphatic heterocycles. The molecule has 0 radical (unpaired) electrons. The molecule has 0 saturated carbocycles. The molecule has 4 heterocycles. The molecule has 1 aromatic rings. The summed E-state index contributed by atoms with van der Waals surface area (Å²) in [6.45, 7) is 8.93. The summed E-state index contributed by atoms with van der Waals surface area (Å²) in [5.74, 6) is 0.871. The predicted molar refractivity (Wildman–Crippen MR) is 83.2 cm³/mol. The molecule has 0 aliphatic carbocycles. The highest BCUT2D eigenvalue weighted by atomic mass is 16.5. The second-order valence-electron chi connectivity index (χ2n) is 6.80. The first kappa shape index (κ1) is 14.4. The minimum absolute atomic E-state index is 0.0526. The van der Waals surface area contributed by atoms with Crippen molar-refractivity contribution in [3.05, 3.63) is 17.0 Å². The van der Waals surface area contributed by atoms with E-state index in [1.54, 1.807) is 0 Å². The van der Waals surface area contributed by atoms with Crippen LogP contribution in [-0.2, 0) is 21.5 Å². The van der Waals surface area contributed by atoms with E-state index in [0.29, 0.717) is 6.61 Å². The third-order valence-electron chi connectivity index (χ3n) is 5.17. The fourth-order valence-electron chi connectivity index (χ4n) is 3.91. The number of aromatic nitrogens is 2. The summed E-state index contributed by atoms with van der Waals surface area (Å²) in [4.78, 5) is 14.4. The van der Waals surface area contributed by atoms with E-state index < -0.39 is 0 Å². The van der Waals surface area contributed by atoms with Crippen LogP contribution in [0.1, 0.15) is 23.4 Å². The topological polar surface area (TPSA) is 50.7 Å².